The predicted molar refractivity (Wildman–Crippen MR) is 97.0 cm³/mol. The van der Waals surface area contributed by atoms with Crippen LogP contribution in [0.15, 0.2) is 48.5 Å². The number of fused-ring (bicyclic) bond motifs is 2. The normalized spacial score (nSPS) is 19.2. The van der Waals surface area contributed by atoms with E-state index in [-0.39, 0.29) is 24.2 Å². The van der Waals surface area contributed by atoms with Crippen molar-refractivity contribution >= 4 is 24.0 Å². The van der Waals surface area contributed by atoms with Gasteiger partial charge in [-0.1, -0.05) is 36.4 Å². The van der Waals surface area contributed by atoms with Crippen LogP contribution in [0.5, 0.6) is 5.75 Å². The topological polar surface area (TPSA) is 41.6 Å². The molecule has 4 rings (SSSR count). The van der Waals surface area contributed by atoms with Crippen LogP contribution in [-0.4, -0.2) is 25.6 Å². The van der Waals surface area contributed by atoms with Gasteiger partial charge in [-0.05, 0) is 24.1 Å². The van der Waals surface area contributed by atoms with E-state index < -0.39 is 0 Å². The van der Waals surface area contributed by atoms with Crippen LogP contribution in [0.2, 0.25) is 0 Å². The first-order valence-electron chi connectivity index (χ1n) is 8.16. The van der Waals surface area contributed by atoms with Gasteiger partial charge in [-0.2, -0.15) is 0 Å². The van der Waals surface area contributed by atoms with Gasteiger partial charge in [-0.3, -0.25) is 4.79 Å². The highest BCUT2D eigenvalue weighted by Gasteiger charge is 2.32. The highest BCUT2D eigenvalue weighted by atomic mass is 35.5. The molecule has 24 heavy (non-hydrogen) atoms. The summed E-state index contributed by atoms with van der Waals surface area (Å²) in [6.45, 7) is 2.92. The maximum atomic E-state index is 13.3. The van der Waals surface area contributed by atoms with Gasteiger partial charge < -0.3 is 15.0 Å². The van der Waals surface area contributed by atoms with Gasteiger partial charge in [0.05, 0.1) is 12.5 Å². The third-order valence-corrected chi connectivity index (χ3v) is 4.63. The van der Waals surface area contributed by atoms with Crippen LogP contribution in [0, 0.1) is 0 Å². The number of halogens is 1. The van der Waals surface area contributed by atoms with Crippen molar-refractivity contribution in [3.05, 3.63) is 59.7 Å². The van der Waals surface area contributed by atoms with Gasteiger partial charge in [0.1, 0.15) is 5.75 Å². The van der Waals surface area contributed by atoms with Crippen molar-refractivity contribution in [1.29, 1.82) is 0 Å². The number of carbonyl (C=O) groups is 1. The number of hydrogen-bond acceptors (Lipinski definition) is 3. The van der Waals surface area contributed by atoms with E-state index in [0.717, 1.165) is 36.5 Å². The lowest BCUT2D eigenvalue weighted by Crippen LogP contribution is -2.39. The molecular formula is C19H21ClN2O2. The lowest BCUT2D eigenvalue weighted by Gasteiger charge is -2.31. The summed E-state index contributed by atoms with van der Waals surface area (Å²) in [5.74, 6) is 0.904. The number of rotatable bonds is 1. The number of nitrogens with one attached hydrogen (secondary N) is 1. The van der Waals surface area contributed by atoms with Crippen LogP contribution in [-0.2, 0) is 11.3 Å². The van der Waals surface area contributed by atoms with E-state index in [1.54, 1.807) is 0 Å². The number of amides is 1. The zero-order chi connectivity index (χ0) is 15.6. The maximum absolute atomic E-state index is 13.3. The number of carbonyl (C=O) groups excluding carboxylic acids is 1. The van der Waals surface area contributed by atoms with Gasteiger partial charge >= 0.3 is 0 Å². The summed E-state index contributed by atoms with van der Waals surface area (Å²) in [7, 11) is 0. The Kier molecular flexibility index (Phi) is 5.07. The highest BCUT2D eigenvalue weighted by molar-refractivity contribution is 5.99. The van der Waals surface area contributed by atoms with Gasteiger partial charge in [0.2, 0.25) is 5.91 Å². The molecule has 1 atom stereocenters. The van der Waals surface area contributed by atoms with E-state index in [2.05, 4.69) is 11.4 Å². The van der Waals surface area contributed by atoms with Crippen molar-refractivity contribution in [2.45, 2.75) is 18.9 Å². The molecule has 126 valence electrons. The second kappa shape index (κ2) is 7.24. The molecule has 0 radical (unpaired) electrons. The van der Waals surface area contributed by atoms with Crippen LogP contribution in [0.25, 0.3) is 0 Å². The molecule has 0 aliphatic carbocycles. The van der Waals surface area contributed by atoms with Crippen LogP contribution >= 0.6 is 12.4 Å². The van der Waals surface area contributed by atoms with E-state index in [4.69, 9.17) is 4.74 Å². The summed E-state index contributed by atoms with van der Waals surface area (Å²) < 4.78 is 5.70. The van der Waals surface area contributed by atoms with E-state index >= 15 is 0 Å². The molecule has 1 unspecified atom stereocenters. The summed E-state index contributed by atoms with van der Waals surface area (Å²) in [5.41, 5.74) is 3.23. The lowest BCUT2D eigenvalue weighted by molar-refractivity contribution is -0.120. The maximum Gasteiger partial charge on any atom is 0.234 e. The van der Waals surface area contributed by atoms with Gasteiger partial charge in [0.15, 0.2) is 0 Å². The molecule has 0 fully saturated rings. The van der Waals surface area contributed by atoms with Crippen molar-refractivity contribution in [3.63, 3.8) is 0 Å². The van der Waals surface area contributed by atoms with Gasteiger partial charge in [0, 0.05) is 30.9 Å². The molecule has 0 spiro atoms. The number of nitrogens with zero attached hydrogens (tertiary/aromatic N) is 1. The predicted octanol–water partition coefficient (Wildman–Crippen LogP) is 3.11. The molecule has 1 N–H and O–H groups in total. The molecular weight excluding hydrogens is 324 g/mol. The summed E-state index contributed by atoms with van der Waals surface area (Å²) >= 11 is 0. The Morgan fingerprint density at radius 1 is 1.12 bits per heavy atom. The number of hydrogen-bond donors (Lipinski definition) is 1. The van der Waals surface area contributed by atoms with Crippen molar-refractivity contribution < 1.29 is 9.53 Å². The largest absolute Gasteiger partial charge is 0.493 e. The van der Waals surface area contributed by atoms with Crippen molar-refractivity contribution in [1.82, 2.24) is 5.32 Å². The SMILES string of the molecule is Cl.O=C(C1CCOc2ccccc21)N1CCNCc2ccccc21. The molecule has 0 saturated heterocycles. The summed E-state index contributed by atoms with van der Waals surface area (Å²) in [4.78, 5) is 15.2. The lowest BCUT2D eigenvalue weighted by atomic mass is 9.91. The number of benzene rings is 2. The van der Waals surface area contributed by atoms with Crippen LogP contribution in [0.4, 0.5) is 5.69 Å². The highest BCUT2D eigenvalue weighted by Crippen LogP contribution is 2.36. The molecule has 5 heteroatoms. The first kappa shape index (κ1) is 16.8. The fourth-order valence-corrected chi connectivity index (χ4v) is 3.47. The van der Waals surface area contributed by atoms with E-state index in [9.17, 15) is 4.79 Å². The van der Waals surface area contributed by atoms with E-state index in [1.807, 2.05) is 47.4 Å². The Hall–Kier alpha value is -2.04. The molecule has 0 bridgehead atoms. The van der Waals surface area contributed by atoms with E-state index in [1.165, 1.54) is 5.56 Å². The van der Waals surface area contributed by atoms with Crippen molar-refractivity contribution in [2.75, 3.05) is 24.6 Å². The fraction of sp³-hybridized carbons (Fsp3) is 0.316. The van der Waals surface area contributed by atoms with Crippen molar-refractivity contribution in [2.24, 2.45) is 0 Å². The Morgan fingerprint density at radius 2 is 1.92 bits per heavy atom. The molecule has 0 saturated carbocycles. The zero-order valence-corrected chi connectivity index (χ0v) is 14.2. The van der Waals surface area contributed by atoms with Gasteiger partial charge in [-0.15, -0.1) is 12.4 Å². The number of para-hydroxylation sites is 2. The van der Waals surface area contributed by atoms with Crippen LogP contribution in [0.1, 0.15) is 23.5 Å². The molecule has 4 nitrogen and oxygen atoms in total. The minimum atomic E-state index is -0.119. The van der Waals surface area contributed by atoms with Crippen LogP contribution < -0.4 is 15.0 Å². The molecule has 2 heterocycles. The minimum absolute atomic E-state index is 0. The second-order valence-corrected chi connectivity index (χ2v) is 6.02. The third-order valence-electron chi connectivity index (χ3n) is 4.63. The van der Waals surface area contributed by atoms with Crippen LogP contribution in [0.3, 0.4) is 0 Å². The summed E-state index contributed by atoms with van der Waals surface area (Å²) in [6, 6.07) is 16.1. The zero-order valence-electron chi connectivity index (χ0n) is 13.4. The third kappa shape index (κ3) is 2.99. The first-order valence-corrected chi connectivity index (χ1v) is 8.16. The molecule has 2 aromatic rings. The first-order chi connectivity index (χ1) is 11.3. The molecule has 2 aromatic carbocycles. The second-order valence-electron chi connectivity index (χ2n) is 6.02. The molecule has 2 aliphatic heterocycles. The van der Waals surface area contributed by atoms with Gasteiger partial charge in [-0.25, -0.2) is 0 Å². The average molecular weight is 345 g/mol. The summed E-state index contributed by atoms with van der Waals surface area (Å²) in [6.07, 6.45) is 0.738. The Morgan fingerprint density at radius 3 is 2.83 bits per heavy atom. The van der Waals surface area contributed by atoms with E-state index in [0.29, 0.717) is 13.2 Å². The Labute approximate surface area is 148 Å². The average Bonchev–Trinajstić information content (AvgIpc) is 2.83. The minimum Gasteiger partial charge on any atom is -0.493 e. The monoisotopic (exact) mass is 344 g/mol. The standard InChI is InChI=1S/C19H20N2O2.ClH/c22-19(16-9-12-23-18-8-4-2-6-15(16)18)21-11-10-20-13-14-5-1-3-7-17(14)21;/h1-8,16,20H,9-13H2;1H. The van der Waals surface area contributed by atoms with Gasteiger partial charge in [0.25, 0.3) is 0 Å². The van der Waals surface area contributed by atoms with Crippen molar-refractivity contribution in [3.8, 4) is 5.75 Å². The quantitative estimate of drug-likeness (QED) is 0.864. The molecule has 2 aliphatic rings. The molecule has 0 aromatic heterocycles. The molecule has 1 amide bonds. The Bertz CT molecular complexity index is 735. The summed E-state index contributed by atoms with van der Waals surface area (Å²) in [5, 5.41) is 3.39. The number of anilines is 1. The Balaban J connectivity index is 0.00000169. The smallest absolute Gasteiger partial charge is 0.234 e. The fourth-order valence-electron chi connectivity index (χ4n) is 3.47. The number of ether oxygens (including phenoxy) is 1.